The van der Waals surface area contributed by atoms with Crippen LogP contribution >= 0.6 is 0 Å². The molecule has 58 heavy (non-hydrogen) atoms. The molecule has 0 fully saturated rings. The second-order valence-electron chi connectivity index (χ2n) is 15.8. The first-order valence-electron chi connectivity index (χ1n) is 20.3. The van der Waals surface area contributed by atoms with Gasteiger partial charge in [0.25, 0.3) is 0 Å². The van der Waals surface area contributed by atoms with Crippen molar-refractivity contribution >= 4 is 43.1 Å². The van der Waals surface area contributed by atoms with Gasteiger partial charge in [-0.3, -0.25) is 0 Å². The van der Waals surface area contributed by atoms with E-state index in [4.69, 9.17) is 0 Å². The van der Waals surface area contributed by atoms with Crippen LogP contribution in [0.4, 0.5) is 0 Å². The molecule has 11 aromatic rings. The van der Waals surface area contributed by atoms with Crippen LogP contribution in [-0.4, -0.2) is 0 Å². The molecule has 0 saturated carbocycles. The molecule has 11 aromatic carbocycles. The zero-order valence-electron chi connectivity index (χ0n) is 31.6. The van der Waals surface area contributed by atoms with Crippen molar-refractivity contribution in [3.8, 4) is 89.0 Å². The minimum atomic E-state index is 1.23. The molecule has 13 rings (SSSR count). The van der Waals surface area contributed by atoms with Crippen molar-refractivity contribution in [2.75, 3.05) is 0 Å². The number of rotatable bonds is 4. The Morgan fingerprint density at radius 3 is 0.672 bits per heavy atom. The summed E-state index contributed by atoms with van der Waals surface area (Å²) in [6.45, 7) is 0. The monoisotopic (exact) mass is 730 g/mol. The molecule has 0 saturated heterocycles. The van der Waals surface area contributed by atoms with Crippen LogP contribution in [0, 0.1) is 0 Å². The van der Waals surface area contributed by atoms with E-state index in [1.807, 2.05) is 0 Å². The quantitative estimate of drug-likeness (QED) is 0.158. The van der Waals surface area contributed by atoms with Crippen LogP contribution in [0.5, 0.6) is 0 Å². The average Bonchev–Trinajstić information content (AvgIpc) is 3.80. The van der Waals surface area contributed by atoms with Crippen molar-refractivity contribution in [3.63, 3.8) is 0 Å². The second kappa shape index (κ2) is 12.0. The maximum absolute atomic E-state index is 2.57. The van der Waals surface area contributed by atoms with Crippen LogP contribution in [-0.2, 0) is 0 Å². The Hall–Kier alpha value is -7.54. The summed E-state index contributed by atoms with van der Waals surface area (Å²) in [5.41, 5.74) is 20.6. The highest BCUT2D eigenvalue weighted by Gasteiger charge is 2.34. The largest absolute Gasteiger partial charge is 0.0622 e. The molecule has 0 N–H and O–H groups in total. The minimum absolute atomic E-state index is 1.23. The molecule has 0 atom stereocenters. The molecule has 0 heteroatoms. The molecule has 0 aliphatic heterocycles. The lowest BCUT2D eigenvalue weighted by molar-refractivity contribution is 1.61. The van der Waals surface area contributed by atoms with E-state index in [0.29, 0.717) is 0 Å². The summed E-state index contributed by atoms with van der Waals surface area (Å²) in [6.07, 6.45) is 0. The molecule has 2 aliphatic rings. The van der Waals surface area contributed by atoms with E-state index >= 15 is 0 Å². The molecule has 0 radical (unpaired) electrons. The second-order valence-corrected chi connectivity index (χ2v) is 15.8. The molecular weight excluding hydrogens is 697 g/mol. The van der Waals surface area contributed by atoms with Crippen molar-refractivity contribution in [3.05, 3.63) is 206 Å². The Morgan fingerprint density at radius 2 is 0.431 bits per heavy atom. The van der Waals surface area contributed by atoms with Crippen molar-refractivity contribution in [2.45, 2.75) is 0 Å². The van der Waals surface area contributed by atoms with Crippen molar-refractivity contribution in [1.29, 1.82) is 0 Å². The van der Waals surface area contributed by atoms with Gasteiger partial charge in [0.15, 0.2) is 0 Å². The highest BCUT2D eigenvalue weighted by atomic mass is 14.4. The number of fused-ring (bicyclic) bond motifs is 8. The van der Waals surface area contributed by atoms with Crippen LogP contribution in [0.15, 0.2) is 206 Å². The third kappa shape index (κ3) is 4.24. The van der Waals surface area contributed by atoms with Crippen LogP contribution in [0.2, 0.25) is 0 Å². The predicted octanol–water partition coefficient (Wildman–Crippen LogP) is 16.3. The van der Waals surface area contributed by atoms with Gasteiger partial charge in [-0.25, -0.2) is 0 Å². The number of hydrogen-bond acceptors (Lipinski definition) is 0. The third-order valence-corrected chi connectivity index (χ3v) is 12.9. The summed E-state index contributed by atoms with van der Waals surface area (Å²) in [5, 5.41) is 10.3. The van der Waals surface area contributed by atoms with E-state index in [1.54, 1.807) is 0 Å². The number of hydrogen-bond donors (Lipinski definition) is 0. The highest BCUT2D eigenvalue weighted by molar-refractivity contribution is 6.32. The van der Waals surface area contributed by atoms with Gasteiger partial charge >= 0.3 is 0 Å². The summed E-state index contributed by atoms with van der Waals surface area (Å²) in [6, 6.07) is 77.0. The fraction of sp³-hybridized carbons (Fsp3) is 0. The summed E-state index contributed by atoms with van der Waals surface area (Å²) in [4.78, 5) is 0. The van der Waals surface area contributed by atoms with Crippen LogP contribution in [0.3, 0.4) is 0 Å². The topological polar surface area (TPSA) is 0 Å². The summed E-state index contributed by atoms with van der Waals surface area (Å²) < 4.78 is 0. The smallest absolute Gasteiger partial charge is 0.000741 e. The average molecular weight is 731 g/mol. The van der Waals surface area contributed by atoms with E-state index in [9.17, 15) is 0 Å². The standard InChI is InChI=1S/C58H34/c1-5-17-37(18-6-1)51-45-33-47-48(34-46(45)52(38-19-7-2-8-20-38)56-42-30-14-26-35-25-13-29-41(49(35)42)55(51)56)54(40-23-11-4-12-24-40)58-44-32-16-28-36-27-15-31-43(50(36)44)57(58)53(47)39-21-9-3-10-22-39/h1-34H. The Labute approximate surface area is 336 Å². The molecule has 2 aliphatic carbocycles. The molecule has 0 spiro atoms. The molecule has 0 heterocycles. The first-order chi connectivity index (χ1) is 28.8. The summed E-state index contributed by atoms with van der Waals surface area (Å²) >= 11 is 0. The fourth-order valence-electron chi connectivity index (χ4n) is 10.7. The molecule has 0 nitrogen and oxygen atoms in total. The van der Waals surface area contributed by atoms with E-state index in [0.717, 1.165) is 0 Å². The lowest BCUT2D eigenvalue weighted by atomic mass is 9.78. The molecule has 266 valence electrons. The molecular formula is C58H34. The minimum Gasteiger partial charge on any atom is -0.0622 e. The van der Waals surface area contributed by atoms with Crippen LogP contribution in [0.1, 0.15) is 0 Å². The van der Waals surface area contributed by atoms with Crippen molar-refractivity contribution in [1.82, 2.24) is 0 Å². The maximum Gasteiger partial charge on any atom is -0.000741 e. The molecule has 0 bridgehead atoms. The SMILES string of the molecule is c1ccc(-c2c3c(c(-c4ccccc4)c4cc5c(-c6ccccc6)c6c(c(-c7ccccc7)c5cc24)-c2cccc4cccc-6c24)-c2cccc4cccc-3c24)cc1. The van der Waals surface area contributed by atoms with Gasteiger partial charge in [0, 0.05) is 0 Å². The maximum atomic E-state index is 2.57. The fourth-order valence-corrected chi connectivity index (χ4v) is 10.7. The normalized spacial score (nSPS) is 12.1. The summed E-state index contributed by atoms with van der Waals surface area (Å²) in [7, 11) is 0. The number of benzene rings is 11. The lowest BCUT2D eigenvalue weighted by Crippen LogP contribution is -1.97. The molecule has 0 unspecified atom stereocenters. The van der Waals surface area contributed by atoms with Gasteiger partial charge < -0.3 is 0 Å². The van der Waals surface area contributed by atoms with Crippen molar-refractivity contribution in [2.24, 2.45) is 0 Å². The molecule has 0 amide bonds. The zero-order valence-corrected chi connectivity index (χ0v) is 31.6. The van der Waals surface area contributed by atoms with Gasteiger partial charge in [-0.2, -0.15) is 0 Å². The van der Waals surface area contributed by atoms with Gasteiger partial charge in [-0.1, -0.05) is 194 Å². The lowest BCUT2D eigenvalue weighted by Gasteiger charge is -2.24. The first kappa shape index (κ1) is 31.6. The van der Waals surface area contributed by atoms with Gasteiger partial charge in [-0.15, -0.1) is 0 Å². The predicted molar refractivity (Wildman–Crippen MR) is 247 cm³/mol. The van der Waals surface area contributed by atoms with Gasteiger partial charge in [0.2, 0.25) is 0 Å². The van der Waals surface area contributed by atoms with Crippen LogP contribution in [0.25, 0.3) is 132 Å². The van der Waals surface area contributed by atoms with E-state index in [1.165, 1.54) is 132 Å². The Morgan fingerprint density at radius 1 is 0.190 bits per heavy atom. The zero-order chi connectivity index (χ0) is 37.9. The van der Waals surface area contributed by atoms with Gasteiger partial charge in [0.05, 0.1) is 0 Å². The van der Waals surface area contributed by atoms with Gasteiger partial charge in [-0.05, 0) is 144 Å². The highest BCUT2D eigenvalue weighted by Crippen LogP contribution is 2.61. The summed E-state index contributed by atoms with van der Waals surface area (Å²) in [5.74, 6) is 0. The van der Waals surface area contributed by atoms with E-state index in [2.05, 4.69) is 206 Å². The first-order valence-corrected chi connectivity index (χ1v) is 20.3. The van der Waals surface area contributed by atoms with Gasteiger partial charge in [0.1, 0.15) is 0 Å². The van der Waals surface area contributed by atoms with E-state index in [-0.39, 0.29) is 0 Å². The Balaban J connectivity index is 1.33. The van der Waals surface area contributed by atoms with Crippen LogP contribution < -0.4 is 0 Å². The third-order valence-electron chi connectivity index (χ3n) is 12.9. The van der Waals surface area contributed by atoms with E-state index < -0.39 is 0 Å². The molecule has 0 aromatic heterocycles. The Kier molecular flexibility index (Phi) is 6.54. The Bertz CT molecular complexity index is 3050. The van der Waals surface area contributed by atoms with Crippen molar-refractivity contribution < 1.29 is 0 Å².